The van der Waals surface area contributed by atoms with Crippen molar-refractivity contribution in [3.63, 3.8) is 0 Å². The maximum absolute atomic E-state index is 12.8. The quantitative estimate of drug-likeness (QED) is 0.412. The lowest BCUT2D eigenvalue weighted by Crippen LogP contribution is -2.23. The van der Waals surface area contributed by atoms with Gasteiger partial charge < -0.3 is 15.3 Å². The van der Waals surface area contributed by atoms with E-state index in [1.807, 2.05) is 19.1 Å². The average molecular weight is 421 g/mol. The summed E-state index contributed by atoms with van der Waals surface area (Å²) in [6.45, 7) is 1.84. The highest BCUT2D eigenvalue weighted by Crippen LogP contribution is 2.41. The number of hydrogen-bond donors (Lipinski definition) is 3. The molecule has 30 heavy (non-hydrogen) atoms. The van der Waals surface area contributed by atoms with Gasteiger partial charge in [-0.2, -0.15) is 0 Å². The molecule has 3 aromatic heterocycles. The molecule has 1 fully saturated rings. The maximum atomic E-state index is 12.8. The Morgan fingerprint density at radius 2 is 2.07 bits per heavy atom. The second-order valence-electron chi connectivity index (χ2n) is 7.24. The number of imidazole rings is 1. The van der Waals surface area contributed by atoms with Crippen molar-refractivity contribution in [2.75, 3.05) is 5.32 Å². The van der Waals surface area contributed by atoms with E-state index in [0.29, 0.717) is 22.8 Å². The van der Waals surface area contributed by atoms with Gasteiger partial charge in [0.2, 0.25) is 5.91 Å². The third-order valence-electron chi connectivity index (χ3n) is 4.93. The molecule has 1 unspecified atom stereocenters. The van der Waals surface area contributed by atoms with Crippen LogP contribution in [0.4, 0.5) is 5.69 Å². The molecule has 0 aliphatic heterocycles. The molecule has 1 aromatic carbocycles. The summed E-state index contributed by atoms with van der Waals surface area (Å²) in [5, 5.41) is 12.0. The van der Waals surface area contributed by atoms with Gasteiger partial charge in [0, 0.05) is 29.7 Å². The number of anilines is 1. The number of fused-ring (bicyclic) bond motifs is 1. The number of H-pyrrole nitrogens is 2. The number of nitrogens with one attached hydrogen (secondary N) is 3. The third kappa shape index (κ3) is 3.61. The monoisotopic (exact) mass is 421 g/mol. The zero-order valence-electron chi connectivity index (χ0n) is 16.1. The van der Waals surface area contributed by atoms with Crippen LogP contribution in [0.2, 0.25) is 0 Å². The fraction of sp³-hybridized carbons (Fsp3) is 0.250. The molecule has 3 N–H and O–H groups in total. The topological polar surface area (TPSA) is 121 Å². The molecule has 4 aromatic rings. The minimum atomic E-state index is -0.380. The van der Waals surface area contributed by atoms with Crippen LogP contribution in [0.15, 0.2) is 52.7 Å². The minimum Gasteiger partial charge on any atom is -0.325 e. The van der Waals surface area contributed by atoms with E-state index in [-0.39, 0.29) is 16.8 Å². The number of nitrogens with zero attached hydrogens (tertiary/aromatic N) is 4. The molecule has 1 amide bonds. The molecule has 10 heteroatoms. The summed E-state index contributed by atoms with van der Waals surface area (Å²) in [5.41, 5.74) is 2.60. The Labute approximate surface area is 175 Å². The van der Waals surface area contributed by atoms with Crippen LogP contribution >= 0.6 is 11.8 Å². The summed E-state index contributed by atoms with van der Waals surface area (Å²) < 4.78 is 2.11. The second-order valence-corrected chi connectivity index (χ2v) is 8.55. The number of aromatic amines is 2. The van der Waals surface area contributed by atoms with Crippen molar-refractivity contribution in [2.24, 2.45) is 0 Å². The lowest BCUT2D eigenvalue weighted by Gasteiger charge is -2.13. The highest BCUT2D eigenvalue weighted by atomic mass is 32.2. The molecule has 0 spiro atoms. The first-order valence-electron chi connectivity index (χ1n) is 9.63. The number of benzene rings is 1. The van der Waals surface area contributed by atoms with Gasteiger partial charge in [-0.05, 0) is 50.1 Å². The molecule has 3 heterocycles. The Morgan fingerprint density at radius 1 is 1.23 bits per heavy atom. The Morgan fingerprint density at radius 3 is 2.83 bits per heavy atom. The first kappa shape index (κ1) is 18.6. The van der Waals surface area contributed by atoms with Crippen molar-refractivity contribution in [3.8, 4) is 11.4 Å². The second kappa shape index (κ2) is 7.45. The number of hydrogen-bond acceptors (Lipinski definition) is 6. The van der Waals surface area contributed by atoms with E-state index in [1.54, 1.807) is 30.6 Å². The molecular weight excluding hydrogens is 402 g/mol. The number of carbonyl (C=O) groups is 1. The van der Waals surface area contributed by atoms with Crippen LogP contribution in [-0.4, -0.2) is 40.9 Å². The lowest BCUT2D eigenvalue weighted by molar-refractivity contribution is -0.115. The average Bonchev–Trinajstić information content (AvgIpc) is 3.39. The van der Waals surface area contributed by atoms with Gasteiger partial charge in [0.05, 0.1) is 16.3 Å². The van der Waals surface area contributed by atoms with Crippen molar-refractivity contribution in [1.82, 2.24) is 29.7 Å². The van der Waals surface area contributed by atoms with Gasteiger partial charge in [-0.3, -0.25) is 14.3 Å². The normalized spacial score (nSPS) is 14.7. The smallest absolute Gasteiger partial charge is 0.323 e. The van der Waals surface area contributed by atoms with Gasteiger partial charge in [0.1, 0.15) is 0 Å². The fourth-order valence-corrected chi connectivity index (χ4v) is 4.20. The summed E-state index contributed by atoms with van der Waals surface area (Å²) >= 11 is 1.38. The van der Waals surface area contributed by atoms with Crippen LogP contribution in [0.5, 0.6) is 0 Å². The molecular formula is C20H19N7O2S. The molecule has 5 rings (SSSR count). The molecule has 1 aliphatic carbocycles. The lowest BCUT2D eigenvalue weighted by atomic mass is 10.2. The molecule has 9 nitrogen and oxygen atoms in total. The zero-order chi connectivity index (χ0) is 20.7. The molecule has 1 saturated carbocycles. The third-order valence-corrected chi connectivity index (χ3v) is 5.99. The molecule has 0 radical (unpaired) electrons. The zero-order valence-corrected chi connectivity index (χ0v) is 16.9. The van der Waals surface area contributed by atoms with Crippen LogP contribution in [-0.2, 0) is 4.79 Å². The molecule has 1 aliphatic rings. The van der Waals surface area contributed by atoms with E-state index in [9.17, 15) is 9.59 Å². The molecule has 152 valence electrons. The van der Waals surface area contributed by atoms with E-state index >= 15 is 0 Å². The Kier molecular flexibility index (Phi) is 4.62. The first-order valence-corrected chi connectivity index (χ1v) is 10.5. The fourth-order valence-electron chi connectivity index (χ4n) is 3.28. The predicted octanol–water partition coefficient (Wildman–Crippen LogP) is 2.96. The molecule has 0 bridgehead atoms. The van der Waals surface area contributed by atoms with E-state index < -0.39 is 0 Å². The maximum Gasteiger partial charge on any atom is 0.323 e. The van der Waals surface area contributed by atoms with E-state index in [1.165, 1.54) is 11.8 Å². The Hall–Kier alpha value is -3.40. The summed E-state index contributed by atoms with van der Waals surface area (Å²) in [4.78, 5) is 33.7. The van der Waals surface area contributed by atoms with Crippen LogP contribution in [0.1, 0.15) is 25.8 Å². The van der Waals surface area contributed by atoms with Crippen LogP contribution in [0.25, 0.3) is 22.4 Å². The molecule has 1 atom stereocenters. The van der Waals surface area contributed by atoms with Crippen LogP contribution < -0.4 is 11.0 Å². The number of thioether (sulfide) groups is 1. The number of amides is 1. The highest BCUT2D eigenvalue weighted by molar-refractivity contribution is 8.00. The number of rotatable bonds is 6. The minimum absolute atomic E-state index is 0.148. The van der Waals surface area contributed by atoms with Crippen molar-refractivity contribution in [3.05, 3.63) is 53.2 Å². The Bertz CT molecular complexity index is 1270. The molecule has 0 saturated heterocycles. The summed E-state index contributed by atoms with van der Waals surface area (Å²) in [6.07, 6.45) is 5.65. The van der Waals surface area contributed by atoms with Crippen molar-refractivity contribution < 1.29 is 4.79 Å². The summed E-state index contributed by atoms with van der Waals surface area (Å²) in [7, 11) is 0. The van der Waals surface area contributed by atoms with Crippen molar-refractivity contribution >= 4 is 34.4 Å². The van der Waals surface area contributed by atoms with Gasteiger partial charge in [0.15, 0.2) is 11.0 Å². The van der Waals surface area contributed by atoms with Gasteiger partial charge in [-0.1, -0.05) is 11.8 Å². The van der Waals surface area contributed by atoms with Gasteiger partial charge in [-0.25, -0.2) is 4.79 Å². The van der Waals surface area contributed by atoms with Gasteiger partial charge in [-0.15, -0.1) is 10.2 Å². The number of aromatic nitrogens is 6. The largest absolute Gasteiger partial charge is 0.325 e. The van der Waals surface area contributed by atoms with Crippen molar-refractivity contribution in [1.29, 1.82) is 0 Å². The van der Waals surface area contributed by atoms with Gasteiger partial charge >= 0.3 is 5.69 Å². The standard InChI is InChI=1S/C20H19N7O2S/c1-11(18(28)22-13-4-7-15-16(9-13)24-19(29)23-15)30-20-26-25-17(27(20)14-5-6-14)12-3-2-8-21-10-12/h2-4,7-11,14H,5-6H2,1H3,(H,22,28)(H2,23,24,29). The number of carbonyl (C=O) groups excluding carboxylic acids is 1. The summed E-state index contributed by atoms with van der Waals surface area (Å²) in [5.74, 6) is 0.632. The Balaban J connectivity index is 1.34. The van der Waals surface area contributed by atoms with E-state index in [2.05, 4.69) is 35.0 Å². The van der Waals surface area contributed by atoms with Crippen LogP contribution in [0, 0.1) is 0 Å². The predicted molar refractivity (Wildman–Crippen MR) is 114 cm³/mol. The van der Waals surface area contributed by atoms with E-state index in [0.717, 1.165) is 29.4 Å². The number of pyridine rings is 1. The highest BCUT2D eigenvalue weighted by Gasteiger charge is 2.31. The SMILES string of the molecule is CC(Sc1nnc(-c2cccnc2)n1C1CC1)C(=O)Nc1ccc2[nH]c(=O)[nH]c2c1. The van der Waals surface area contributed by atoms with Crippen LogP contribution in [0.3, 0.4) is 0 Å². The van der Waals surface area contributed by atoms with E-state index in [4.69, 9.17) is 0 Å². The van der Waals surface area contributed by atoms with Gasteiger partial charge in [0.25, 0.3) is 0 Å². The summed E-state index contributed by atoms with van der Waals surface area (Å²) in [6, 6.07) is 9.44. The first-order chi connectivity index (χ1) is 14.6. The van der Waals surface area contributed by atoms with Crippen molar-refractivity contribution in [2.45, 2.75) is 36.2 Å².